The number of hydrogen-bond donors (Lipinski definition) is 1. The molecule has 2 aromatic rings. The summed E-state index contributed by atoms with van der Waals surface area (Å²) in [5.74, 6) is 1.85. The number of benzene rings is 1. The van der Waals surface area contributed by atoms with Gasteiger partial charge in [0.15, 0.2) is 5.82 Å². The molecule has 1 aliphatic heterocycles. The predicted octanol–water partition coefficient (Wildman–Crippen LogP) is 2.49. The van der Waals surface area contributed by atoms with Crippen LogP contribution in [0.5, 0.6) is 0 Å². The Kier molecular flexibility index (Phi) is 3.52. The second-order valence-corrected chi connectivity index (χ2v) is 5.62. The number of rotatable bonds is 3. The van der Waals surface area contributed by atoms with Crippen molar-refractivity contribution in [2.24, 2.45) is 5.92 Å². The summed E-state index contributed by atoms with van der Waals surface area (Å²) >= 11 is 5.54. The molecule has 0 bridgehead atoms. The molecule has 6 heteroatoms. The molecule has 0 spiro atoms. The maximum absolute atomic E-state index is 11.9. The van der Waals surface area contributed by atoms with Crippen LogP contribution in [0.1, 0.15) is 6.42 Å². The van der Waals surface area contributed by atoms with Gasteiger partial charge in [0.25, 0.3) is 0 Å². The van der Waals surface area contributed by atoms with Crippen LogP contribution in [0.4, 0.5) is 5.13 Å². The van der Waals surface area contributed by atoms with Crippen molar-refractivity contribution in [3.8, 4) is 11.4 Å². The van der Waals surface area contributed by atoms with E-state index in [-0.39, 0.29) is 5.91 Å². The van der Waals surface area contributed by atoms with Gasteiger partial charge >= 0.3 is 0 Å². The summed E-state index contributed by atoms with van der Waals surface area (Å²) < 4.78 is 4.33. The normalized spacial score (nSPS) is 19.1. The van der Waals surface area contributed by atoms with Gasteiger partial charge in [-0.3, -0.25) is 9.69 Å². The Morgan fingerprint density at radius 2 is 2.16 bits per heavy atom. The van der Waals surface area contributed by atoms with Crippen molar-refractivity contribution in [2.75, 3.05) is 17.2 Å². The van der Waals surface area contributed by atoms with E-state index in [0.717, 1.165) is 11.3 Å². The lowest BCUT2D eigenvalue weighted by atomic mass is 10.1. The molecule has 0 saturated carbocycles. The first-order chi connectivity index (χ1) is 9.28. The molecular formula is C13H13N3OS2. The third-order valence-corrected chi connectivity index (χ3v) is 4.40. The molecular weight excluding hydrogens is 278 g/mol. The Hall–Kier alpha value is -1.40. The minimum atomic E-state index is 0.120. The molecule has 2 heterocycles. The molecule has 1 aliphatic rings. The highest BCUT2D eigenvalue weighted by Crippen LogP contribution is 2.29. The molecule has 1 saturated heterocycles. The van der Waals surface area contributed by atoms with Crippen molar-refractivity contribution in [1.29, 1.82) is 0 Å². The summed E-state index contributed by atoms with van der Waals surface area (Å²) in [5, 5.41) is 0.688. The predicted molar refractivity (Wildman–Crippen MR) is 79.7 cm³/mol. The Balaban J connectivity index is 1.84. The van der Waals surface area contributed by atoms with Crippen LogP contribution in [-0.2, 0) is 4.79 Å². The van der Waals surface area contributed by atoms with Gasteiger partial charge in [-0.05, 0) is 11.7 Å². The van der Waals surface area contributed by atoms with Crippen molar-refractivity contribution in [3.05, 3.63) is 30.3 Å². The molecule has 1 amide bonds. The first kappa shape index (κ1) is 12.6. The van der Waals surface area contributed by atoms with E-state index in [1.54, 1.807) is 4.90 Å². The quantitative estimate of drug-likeness (QED) is 0.884. The fourth-order valence-electron chi connectivity index (χ4n) is 2.12. The molecule has 0 N–H and O–H groups in total. The molecule has 0 aliphatic carbocycles. The lowest BCUT2D eigenvalue weighted by Crippen LogP contribution is -2.24. The summed E-state index contributed by atoms with van der Waals surface area (Å²) in [6, 6.07) is 9.79. The second kappa shape index (κ2) is 5.30. The van der Waals surface area contributed by atoms with Gasteiger partial charge in [0.1, 0.15) is 0 Å². The minimum Gasteiger partial charge on any atom is -0.287 e. The Morgan fingerprint density at radius 1 is 1.37 bits per heavy atom. The van der Waals surface area contributed by atoms with Gasteiger partial charge in [-0.1, -0.05) is 30.3 Å². The van der Waals surface area contributed by atoms with Crippen LogP contribution >= 0.6 is 24.2 Å². The molecule has 1 aromatic carbocycles. The van der Waals surface area contributed by atoms with Crippen LogP contribution in [0.3, 0.4) is 0 Å². The lowest BCUT2D eigenvalue weighted by Gasteiger charge is -2.11. The number of amides is 1. The van der Waals surface area contributed by atoms with E-state index in [0.29, 0.717) is 29.8 Å². The fraction of sp³-hybridized carbons (Fsp3) is 0.308. The average Bonchev–Trinajstić information content (AvgIpc) is 3.06. The standard InChI is InChI=1S/C13H13N3OS2/c17-11-6-9(8-18)7-16(11)13-14-12(15-19-13)10-4-2-1-3-5-10/h1-5,9,18H,6-8H2. The largest absolute Gasteiger partial charge is 0.287 e. The van der Waals surface area contributed by atoms with E-state index in [9.17, 15) is 4.79 Å². The van der Waals surface area contributed by atoms with Crippen molar-refractivity contribution in [3.63, 3.8) is 0 Å². The molecule has 1 unspecified atom stereocenters. The van der Waals surface area contributed by atoms with Crippen LogP contribution < -0.4 is 4.90 Å². The van der Waals surface area contributed by atoms with Crippen molar-refractivity contribution in [1.82, 2.24) is 9.36 Å². The van der Waals surface area contributed by atoms with Crippen molar-refractivity contribution in [2.45, 2.75) is 6.42 Å². The molecule has 3 rings (SSSR count). The van der Waals surface area contributed by atoms with E-state index in [2.05, 4.69) is 22.0 Å². The minimum absolute atomic E-state index is 0.120. The van der Waals surface area contributed by atoms with Gasteiger partial charge in [0.05, 0.1) is 0 Å². The summed E-state index contributed by atoms with van der Waals surface area (Å²) in [7, 11) is 0. The molecule has 4 nitrogen and oxygen atoms in total. The molecule has 1 fully saturated rings. The molecule has 0 radical (unpaired) electrons. The van der Waals surface area contributed by atoms with Gasteiger partial charge in [-0.15, -0.1) is 0 Å². The second-order valence-electron chi connectivity index (χ2n) is 4.52. The van der Waals surface area contributed by atoms with Crippen LogP contribution in [-0.4, -0.2) is 27.6 Å². The molecule has 1 atom stereocenters. The Morgan fingerprint density at radius 3 is 2.84 bits per heavy atom. The van der Waals surface area contributed by atoms with Gasteiger partial charge < -0.3 is 0 Å². The summed E-state index contributed by atoms with van der Waals surface area (Å²) in [4.78, 5) is 18.1. The number of hydrogen-bond acceptors (Lipinski definition) is 5. The van der Waals surface area contributed by atoms with E-state index in [4.69, 9.17) is 0 Å². The topological polar surface area (TPSA) is 46.1 Å². The number of nitrogens with zero attached hydrogens (tertiary/aromatic N) is 3. The van der Waals surface area contributed by atoms with Crippen molar-refractivity contribution >= 4 is 35.2 Å². The lowest BCUT2D eigenvalue weighted by molar-refractivity contribution is -0.117. The number of aromatic nitrogens is 2. The summed E-state index contributed by atoms with van der Waals surface area (Å²) in [5.41, 5.74) is 0.974. The van der Waals surface area contributed by atoms with E-state index in [1.165, 1.54) is 11.5 Å². The third-order valence-electron chi connectivity index (χ3n) is 3.14. The van der Waals surface area contributed by atoms with Crippen LogP contribution in [0.25, 0.3) is 11.4 Å². The van der Waals surface area contributed by atoms with Crippen LogP contribution in [0.2, 0.25) is 0 Å². The number of carbonyl (C=O) groups is 1. The zero-order valence-corrected chi connectivity index (χ0v) is 11.9. The fourth-order valence-corrected chi connectivity index (χ4v) is 3.08. The number of anilines is 1. The molecule has 19 heavy (non-hydrogen) atoms. The number of thiol groups is 1. The highest BCUT2D eigenvalue weighted by atomic mass is 32.1. The van der Waals surface area contributed by atoms with Gasteiger partial charge in [-0.2, -0.15) is 22.0 Å². The molecule has 98 valence electrons. The van der Waals surface area contributed by atoms with Gasteiger partial charge in [0, 0.05) is 30.1 Å². The van der Waals surface area contributed by atoms with Gasteiger partial charge in [-0.25, -0.2) is 0 Å². The van der Waals surface area contributed by atoms with Crippen molar-refractivity contribution < 1.29 is 4.79 Å². The maximum atomic E-state index is 11.9. The first-order valence-electron chi connectivity index (χ1n) is 6.08. The van der Waals surface area contributed by atoms with Crippen LogP contribution in [0, 0.1) is 5.92 Å². The summed E-state index contributed by atoms with van der Waals surface area (Å²) in [6.45, 7) is 0.700. The highest BCUT2D eigenvalue weighted by molar-refractivity contribution is 7.80. The van der Waals surface area contributed by atoms with E-state index in [1.807, 2.05) is 30.3 Å². The number of carbonyl (C=O) groups excluding carboxylic acids is 1. The van der Waals surface area contributed by atoms with Crippen LogP contribution in [0.15, 0.2) is 30.3 Å². The Bertz CT molecular complexity index is 585. The highest BCUT2D eigenvalue weighted by Gasteiger charge is 2.31. The monoisotopic (exact) mass is 291 g/mol. The zero-order valence-electron chi connectivity index (χ0n) is 10.2. The maximum Gasteiger partial charge on any atom is 0.229 e. The Labute approximate surface area is 121 Å². The van der Waals surface area contributed by atoms with E-state index < -0.39 is 0 Å². The molecule has 1 aromatic heterocycles. The average molecular weight is 291 g/mol. The third kappa shape index (κ3) is 2.50. The summed E-state index contributed by atoms with van der Waals surface area (Å²) in [6.07, 6.45) is 0.559. The zero-order chi connectivity index (χ0) is 13.2. The first-order valence-corrected chi connectivity index (χ1v) is 7.49. The van der Waals surface area contributed by atoms with E-state index >= 15 is 0 Å². The van der Waals surface area contributed by atoms with Gasteiger partial charge in [0.2, 0.25) is 11.0 Å². The SMILES string of the molecule is O=C1CC(CS)CN1c1nc(-c2ccccc2)ns1. The smallest absolute Gasteiger partial charge is 0.229 e.